The molecule has 0 N–H and O–H groups in total. The van der Waals surface area contributed by atoms with Gasteiger partial charge in [0.2, 0.25) is 0 Å². The van der Waals surface area contributed by atoms with Crippen LogP contribution in [0.1, 0.15) is 565 Å². The number of hydrogen-bond acceptors (Lipinski definition) is 0. The lowest BCUT2D eigenvalue weighted by Crippen LogP contribution is -2.29. The van der Waals surface area contributed by atoms with Crippen molar-refractivity contribution in [2.45, 2.75) is 565 Å². The molecule has 17 aliphatic carbocycles. The van der Waals surface area contributed by atoms with Crippen LogP contribution in [0.4, 0.5) is 0 Å². The van der Waals surface area contributed by atoms with Crippen molar-refractivity contribution in [2.75, 3.05) is 0 Å². The quantitative estimate of drug-likeness (QED) is 0.0685. The second kappa shape index (κ2) is 70.4. The SMILES string of the molecule is C/C=C/C1CCC(C2CCC(/C=C/C)CC2)CC1.C/C=C/C1CCC(C2CCC(C3CCC(C)CC3)CC2)CC1.C/C=C/C1CCC(C2CCC(C3CCC(CC)CC3)CC2)CC1.C/C=C/C1CCC(C2CCC(C3CCC(CCC)CC3)CC2)CC1.C/C=C/CCC1CCC(C2CCC(/C=C/C)CC2)CC1.C=CC1CCC(C2CCC(/C=C/C)CC2)CC1.C=CCCC1CCC(C2CCC(/C=C/C)CC2)CC1. The van der Waals surface area contributed by atoms with Gasteiger partial charge in [0.25, 0.3) is 0 Å². The van der Waals surface area contributed by atoms with Crippen molar-refractivity contribution in [3.8, 4) is 0 Å². The Labute approximate surface area is 894 Å². The standard InChI is InChI=1S/C24H42.C23H40.C22H38.C20H34.C19H32.C18H30.C17H28/c1-3-5-19-7-11-21(12-8-19)23-15-17-24(18-16-23)22-13-9-20(6-4-2)10-14-22;1-3-5-19-8-12-21(13-9-19)23-16-14-22(15-17-23)20-10-6-18(4-2)7-11-20;1-3-4-18-7-11-20(12-8-18)22-15-13-21(14-16-22)19-9-5-17(2)6-10-19;1-3-5-6-8-18-11-15-20(16-12-18)19-13-9-17(7-4-2)10-14-19;1-3-5-7-17-10-14-19(15-11-17)18-12-8-16(6-4-2)9-13-18;1-3-5-15-7-11-17(12-8-15)18-13-9-16(6-4-2)10-14-18;1-3-5-15-8-12-17(13-9-15)16-10-6-14(4-2)7-11-16/h3,5,19-24H,4,6-18H2,1-2H3;3,5,18-23H,4,6-17H2,1-2H3;3-4,17-22H,5-16H2,1-2H3;3-5,7,17-20H,6,8-16H2,1-2H3;3-4,6,16-19H,1,5,7-15H2,2H3;3-6,15-18H,7-14H2,1-2H3;3-5,14-17H,2,6-13H2,1H3/b2*5-3+;4-3+;5-3+,7-4+;6-4+;5-3+,6-4+;5-3+. The Bertz CT molecular complexity index is 3370. The van der Waals surface area contributed by atoms with Gasteiger partial charge in [-0.15, -0.1) is 13.2 Å². The van der Waals surface area contributed by atoms with E-state index in [2.05, 4.69) is 218 Å². The Morgan fingerprint density at radius 2 is 0.322 bits per heavy atom. The fourth-order valence-corrected chi connectivity index (χ4v) is 35.7. The molecule has 0 spiro atoms. The average molecular weight is 1960 g/mol. The maximum absolute atomic E-state index is 3.94. The molecule has 17 fully saturated rings. The fourth-order valence-electron chi connectivity index (χ4n) is 35.7. The zero-order valence-electron chi connectivity index (χ0n) is 97.6. The van der Waals surface area contributed by atoms with Crippen molar-refractivity contribution in [3.05, 3.63) is 135 Å². The van der Waals surface area contributed by atoms with E-state index >= 15 is 0 Å². The normalized spacial score (nSPS) is 40.1. The van der Waals surface area contributed by atoms with E-state index in [0.717, 1.165) is 201 Å². The first-order chi connectivity index (χ1) is 70.2. The van der Waals surface area contributed by atoms with Gasteiger partial charge in [0.15, 0.2) is 0 Å². The van der Waals surface area contributed by atoms with Crippen LogP contribution in [0.3, 0.4) is 0 Å². The molecule has 0 atom stereocenters. The third-order valence-corrected chi connectivity index (χ3v) is 45.2. The van der Waals surface area contributed by atoms with Crippen molar-refractivity contribution in [2.24, 2.45) is 201 Å². The van der Waals surface area contributed by atoms with E-state index in [-0.39, 0.29) is 0 Å². The summed E-state index contributed by atoms with van der Waals surface area (Å²) in [7, 11) is 0. The molecule has 143 heavy (non-hydrogen) atoms. The molecular weight excluding hydrogens is 1720 g/mol. The summed E-state index contributed by atoms with van der Waals surface area (Å²) < 4.78 is 0. The van der Waals surface area contributed by atoms with Crippen LogP contribution in [-0.4, -0.2) is 0 Å². The van der Waals surface area contributed by atoms with Gasteiger partial charge in [-0.3, -0.25) is 0 Å². The van der Waals surface area contributed by atoms with Gasteiger partial charge in [-0.25, -0.2) is 0 Å². The van der Waals surface area contributed by atoms with Crippen molar-refractivity contribution >= 4 is 0 Å². The molecule has 0 radical (unpaired) electrons. The highest BCUT2D eigenvalue weighted by Gasteiger charge is 2.41. The van der Waals surface area contributed by atoms with E-state index < -0.39 is 0 Å². The molecule has 17 saturated carbocycles. The van der Waals surface area contributed by atoms with Crippen LogP contribution in [-0.2, 0) is 0 Å². The third-order valence-electron chi connectivity index (χ3n) is 45.2. The zero-order chi connectivity index (χ0) is 101. The Morgan fingerprint density at radius 1 is 0.168 bits per heavy atom. The first-order valence-corrected chi connectivity index (χ1v) is 66.0. The maximum Gasteiger partial charge on any atom is -0.0233 e. The maximum atomic E-state index is 3.94. The summed E-state index contributed by atoms with van der Waals surface area (Å²) in [6.07, 6.45) is 159. The number of hydrogen-bond donors (Lipinski definition) is 0. The van der Waals surface area contributed by atoms with Crippen LogP contribution >= 0.6 is 0 Å². The molecule has 0 aromatic heterocycles. The summed E-state index contributed by atoms with van der Waals surface area (Å²) in [6.45, 7) is 34.5. The number of allylic oxidation sites excluding steroid dienone is 20. The second-order valence-electron chi connectivity index (χ2n) is 53.9. The summed E-state index contributed by atoms with van der Waals surface area (Å²) in [5.41, 5.74) is 0. The van der Waals surface area contributed by atoms with Crippen molar-refractivity contribution in [1.29, 1.82) is 0 Å². The van der Waals surface area contributed by atoms with Crippen LogP contribution in [0.25, 0.3) is 0 Å². The van der Waals surface area contributed by atoms with Crippen LogP contribution < -0.4 is 0 Å². The largest absolute Gasteiger partial charge is 0.103 e. The third kappa shape index (κ3) is 42.8. The lowest BCUT2D eigenvalue weighted by molar-refractivity contribution is 0.107. The van der Waals surface area contributed by atoms with Gasteiger partial charge >= 0.3 is 0 Å². The minimum atomic E-state index is 0.825. The van der Waals surface area contributed by atoms with Crippen molar-refractivity contribution in [3.63, 3.8) is 0 Å². The molecule has 0 amide bonds. The second-order valence-corrected chi connectivity index (χ2v) is 53.9. The smallest absolute Gasteiger partial charge is 0.0233 e. The van der Waals surface area contributed by atoms with E-state index in [1.807, 2.05) is 0 Å². The van der Waals surface area contributed by atoms with Gasteiger partial charge in [0.1, 0.15) is 0 Å². The highest BCUT2D eigenvalue weighted by Crippen LogP contribution is 2.54. The average Bonchev–Trinajstić information content (AvgIpc) is 0.837. The fraction of sp³-hybridized carbons (Fsp3) is 0.846. The van der Waals surface area contributed by atoms with Crippen LogP contribution in [0, 0.1) is 201 Å². The predicted molar refractivity (Wildman–Crippen MR) is 636 cm³/mol. The summed E-state index contributed by atoms with van der Waals surface area (Å²) in [5.74, 6) is 34.7. The van der Waals surface area contributed by atoms with Gasteiger partial charge in [0.05, 0.1) is 0 Å². The molecule has 0 saturated heterocycles. The highest BCUT2D eigenvalue weighted by molar-refractivity contribution is 5.02. The molecule has 0 aromatic rings. The molecule has 0 nitrogen and oxygen atoms in total. The summed E-state index contributed by atoms with van der Waals surface area (Å²) in [4.78, 5) is 0. The molecular formula is C143H244. The lowest BCUT2D eigenvalue weighted by Gasteiger charge is -2.41. The molecule has 0 unspecified atom stereocenters. The molecule has 816 valence electrons. The van der Waals surface area contributed by atoms with Gasteiger partial charge in [0, 0.05) is 0 Å². The van der Waals surface area contributed by atoms with E-state index in [1.165, 1.54) is 353 Å². The van der Waals surface area contributed by atoms with Crippen LogP contribution in [0.2, 0.25) is 0 Å². The topological polar surface area (TPSA) is 0 Å². The lowest BCUT2D eigenvalue weighted by atomic mass is 9.65. The Morgan fingerprint density at radius 3 is 0.483 bits per heavy atom. The predicted octanol–water partition coefficient (Wildman–Crippen LogP) is 46.0. The molecule has 17 rings (SSSR count). The monoisotopic (exact) mass is 1960 g/mol. The van der Waals surface area contributed by atoms with Gasteiger partial charge in [-0.1, -0.05) is 226 Å². The zero-order valence-corrected chi connectivity index (χ0v) is 97.6. The van der Waals surface area contributed by atoms with Gasteiger partial charge < -0.3 is 0 Å². The summed E-state index contributed by atoms with van der Waals surface area (Å²) in [6, 6.07) is 0. The summed E-state index contributed by atoms with van der Waals surface area (Å²) >= 11 is 0. The molecule has 0 bridgehead atoms. The number of rotatable bonds is 28. The van der Waals surface area contributed by atoms with E-state index in [4.69, 9.17) is 0 Å². The molecule has 0 heteroatoms. The van der Waals surface area contributed by atoms with Crippen LogP contribution in [0.15, 0.2) is 135 Å². The van der Waals surface area contributed by atoms with Crippen LogP contribution in [0.5, 0.6) is 0 Å². The highest BCUT2D eigenvalue weighted by atomic mass is 14.5. The molecule has 0 heterocycles. The van der Waals surface area contributed by atoms with Crippen molar-refractivity contribution in [1.82, 2.24) is 0 Å². The first-order valence-electron chi connectivity index (χ1n) is 66.0. The van der Waals surface area contributed by atoms with E-state index in [1.54, 1.807) is 128 Å². The first kappa shape index (κ1) is 120. The van der Waals surface area contributed by atoms with Gasteiger partial charge in [-0.05, 0) is 662 Å². The van der Waals surface area contributed by atoms with Gasteiger partial charge in [-0.2, -0.15) is 0 Å². The minimum Gasteiger partial charge on any atom is -0.103 e. The minimum absolute atomic E-state index is 0.825. The molecule has 0 aromatic carbocycles. The molecule has 17 aliphatic rings. The Hall–Kier alpha value is -2.86. The van der Waals surface area contributed by atoms with Crippen molar-refractivity contribution < 1.29 is 0 Å². The van der Waals surface area contributed by atoms with E-state index in [9.17, 15) is 0 Å². The Kier molecular flexibility index (Phi) is 59.3. The van der Waals surface area contributed by atoms with E-state index in [0.29, 0.717) is 0 Å². The molecule has 0 aliphatic heterocycles. The summed E-state index contributed by atoms with van der Waals surface area (Å²) in [5, 5.41) is 0. The Balaban J connectivity index is 0.000000160.